The van der Waals surface area contributed by atoms with Crippen molar-refractivity contribution < 1.29 is 80.8 Å². The van der Waals surface area contributed by atoms with E-state index < -0.39 is 29.7 Å². The zero-order valence-corrected chi connectivity index (χ0v) is 39.0. The Hall–Kier alpha value is -3.67. The lowest BCUT2D eigenvalue weighted by molar-refractivity contribution is -0.145. The molecule has 2 aliphatic rings. The first-order valence-corrected chi connectivity index (χ1v) is 23.5. The molecule has 1 fully saturated rings. The Bertz CT molecular complexity index is 1490. The van der Waals surface area contributed by atoms with Gasteiger partial charge in [0.2, 0.25) is 11.8 Å². The molecule has 3 rings (SSSR count). The van der Waals surface area contributed by atoms with E-state index in [0.717, 1.165) is 17.7 Å². The summed E-state index contributed by atoms with van der Waals surface area (Å²) in [7, 11) is 0. The summed E-state index contributed by atoms with van der Waals surface area (Å²) < 4.78 is 65.7. The van der Waals surface area contributed by atoms with Crippen LogP contribution < -0.4 is 10.6 Å². The lowest BCUT2D eigenvalue weighted by Gasteiger charge is -2.27. The van der Waals surface area contributed by atoms with Gasteiger partial charge in [0.15, 0.2) is 0 Å². The summed E-state index contributed by atoms with van der Waals surface area (Å²) in [6, 6.07) is 3.89. The van der Waals surface area contributed by atoms with Crippen LogP contribution in [0.4, 0.5) is 5.69 Å². The standard InChI is InChI=1S/C46H75N3O17/c1-2-3-4-5-6-7-11-42(51)66-37-36-65-35-34-64-33-32-63-31-30-62-29-28-61-27-26-60-25-24-59-23-22-58-21-20-57-19-18-56-17-16-55-15-14-47-39-10-8-9-38-43(39)46(54)49(45(38)53)40-12-13-41(50)48-44(40)52/h8-10,40,47H,2-7,11-37H2,1H3,(H,48,50,52). The maximum atomic E-state index is 13.2. The largest absolute Gasteiger partial charge is 0.463 e. The number of nitrogens with zero attached hydrogens (tertiary/aromatic N) is 1. The van der Waals surface area contributed by atoms with Crippen LogP contribution in [0.25, 0.3) is 0 Å². The molecule has 0 saturated carbocycles. The van der Waals surface area contributed by atoms with Crippen LogP contribution in [0, 0.1) is 0 Å². The molecule has 0 radical (unpaired) electrons. The number of carbonyl (C=O) groups is 5. The van der Waals surface area contributed by atoms with Gasteiger partial charge in [-0.15, -0.1) is 0 Å². The van der Waals surface area contributed by atoms with E-state index in [1.54, 1.807) is 18.2 Å². The van der Waals surface area contributed by atoms with Gasteiger partial charge in [-0.2, -0.15) is 0 Å². The number of carbonyl (C=O) groups excluding carboxylic acids is 5. The number of esters is 1. The van der Waals surface area contributed by atoms with Gasteiger partial charge in [0.05, 0.1) is 156 Å². The quantitative estimate of drug-likeness (QED) is 0.0545. The van der Waals surface area contributed by atoms with E-state index in [1.807, 2.05) is 0 Å². The molecule has 0 aliphatic carbocycles. The lowest BCUT2D eigenvalue weighted by atomic mass is 10.0. The molecule has 4 amide bonds. The van der Waals surface area contributed by atoms with Crippen LogP contribution in [0.1, 0.15) is 85.4 Å². The Morgan fingerprint density at radius 2 is 0.985 bits per heavy atom. The number of hydrogen-bond donors (Lipinski definition) is 2. The van der Waals surface area contributed by atoms with Crippen molar-refractivity contribution in [1.29, 1.82) is 0 Å². The van der Waals surface area contributed by atoms with Gasteiger partial charge in [-0.25, -0.2) is 0 Å². The van der Waals surface area contributed by atoms with Crippen LogP contribution in [-0.4, -0.2) is 199 Å². The number of hydrogen-bond acceptors (Lipinski definition) is 18. The topological polar surface area (TPSA) is 223 Å². The predicted octanol–water partition coefficient (Wildman–Crippen LogP) is 2.98. The summed E-state index contributed by atoms with van der Waals surface area (Å²) >= 11 is 0. The second-order valence-electron chi connectivity index (χ2n) is 15.1. The first kappa shape index (κ1) is 56.7. The predicted molar refractivity (Wildman–Crippen MR) is 240 cm³/mol. The lowest BCUT2D eigenvalue weighted by Crippen LogP contribution is -2.54. The second-order valence-corrected chi connectivity index (χ2v) is 15.1. The van der Waals surface area contributed by atoms with E-state index in [4.69, 9.17) is 56.8 Å². The van der Waals surface area contributed by atoms with E-state index >= 15 is 0 Å². The van der Waals surface area contributed by atoms with E-state index in [2.05, 4.69) is 17.6 Å². The summed E-state index contributed by atoms with van der Waals surface area (Å²) in [5, 5.41) is 5.33. The molecule has 20 nitrogen and oxygen atoms in total. The van der Waals surface area contributed by atoms with E-state index in [9.17, 15) is 24.0 Å². The van der Waals surface area contributed by atoms with E-state index in [1.165, 1.54) is 25.7 Å². The second kappa shape index (κ2) is 38.3. The Kier molecular flexibility index (Phi) is 32.9. The summed E-state index contributed by atoms with van der Waals surface area (Å²) in [5.74, 6) is -2.33. The molecule has 66 heavy (non-hydrogen) atoms. The minimum atomic E-state index is -1.02. The third-order valence-corrected chi connectivity index (χ3v) is 9.98. The van der Waals surface area contributed by atoms with Crippen LogP contribution in [-0.2, 0) is 71.2 Å². The fourth-order valence-electron chi connectivity index (χ4n) is 6.56. The van der Waals surface area contributed by atoms with Crippen LogP contribution in [0.15, 0.2) is 18.2 Å². The maximum Gasteiger partial charge on any atom is 0.305 e. The smallest absolute Gasteiger partial charge is 0.305 e. The minimum absolute atomic E-state index is 0.0621. The monoisotopic (exact) mass is 942 g/mol. The molecule has 1 unspecified atom stereocenters. The highest BCUT2D eigenvalue weighted by Crippen LogP contribution is 2.32. The number of imide groups is 2. The summed E-state index contributed by atoms with van der Waals surface area (Å²) in [4.78, 5) is 62.6. The molecular weight excluding hydrogens is 867 g/mol. The molecule has 0 aromatic heterocycles. The highest BCUT2D eigenvalue weighted by molar-refractivity contribution is 6.25. The number of nitrogens with one attached hydrogen (secondary N) is 2. The number of unbranched alkanes of at least 4 members (excludes halogenated alkanes) is 5. The van der Waals surface area contributed by atoms with E-state index in [-0.39, 0.29) is 36.5 Å². The highest BCUT2D eigenvalue weighted by Gasteiger charge is 2.45. The zero-order chi connectivity index (χ0) is 47.1. The summed E-state index contributed by atoms with van der Waals surface area (Å²) in [6.07, 6.45) is 7.51. The first-order valence-electron chi connectivity index (χ1n) is 23.5. The molecular formula is C46H75N3O17. The number of ether oxygens (including phenoxy) is 12. The van der Waals surface area contributed by atoms with Crippen molar-refractivity contribution in [2.45, 2.75) is 70.8 Å². The summed E-state index contributed by atoms with van der Waals surface area (Å²) in [6.45, 7) is 12.5. The van der Waals surface area contributed by atoms with Gasteiger partial charge >= 0.3 is 5.97 Å². The molecule has 0 bridgehead atoms. The van der Waals surface area contributed by atoms with Crippen molar-refractivity contribution in [3.63, 3.8) is 0 Å². The van der Waals surface area contributed by atoms with Crippen LogP contribution >= 0.6 is 0 Å². The van der Waals surface area contributed by atoms with Crippen molar-refractivity contribution in [3.05, 3.63) is 29.3 Å². The van der Waals surface area contributed by atoms with Gasteiger partial charge in [0.1, 0.15) is 12.6 Å². The molecule has 2 heterocycles. The molecule has 2 N–H and O–H groups in total. The molecule has 1 aromatic carbocycles. The number of amides is 4. The Morgan fingerprint density at radius 1 is 0.561 bits per heavy atom. The average molecular weight is 942 g/mol. The third kappa shape index (κ3) is 25.5. The fourth-order valence-corrected chi connectivity index (χ4v) is 6.56. The Balaban J connectivity index is 0.952. The van der Waals surface area contributed by atoms with Crippen LogP contribution in [0.3, 0.4) is 0 Å². The maximum absolute atomic E-state index is 13.2. The molecule has 20 heteroatoms. The van der Waals surface area contributed by atoms with Crippen LogP contribution in [0.2, 0.25) is 0 Å². The molecule has 1 saturated heterocycles. The van der Waals surface area contributed by atoms with Gasteiger partial charge in [-0.1, -0.05) is 45.1 Å². The number of rotatable bonds is 45. The molecule has 2 aliphatic heterocycles. The van der Waals surface area contributed by atoms with E-state index in [0.29, 0.717) is 164 Å². The number of fused-ring (bicyclic) bond motifs is 1. The van der Waals surface area contributed by atoms with Gasteiger partial charge in [0.25, 0.3) is 11.8 Å². The number of anilines is 1. The average Bonchev–Trinajstić information content (AvgIpc) is 3.57. The van der Waals surface area contributed by atoms with Crippen molar-refractivity contribution >= 4 is 35.3 Å². The van der Waals surface area contributed by atoms with Crippen molar-refractivity contribution in [2.75, 3.05) is 164 Å². The molecule has 1 aromatic rings. The van der Waals surface area contributed by atoms with Crippen LogP contribution in [0.5, 0.6) is 0 Å². The Morgan fingerprint density at radius 3 is 1.44 bits per heavy atom. The van der Waals surface area contributed by atoms with Crippen molar-refractivity contribution in [3.8, 4) is 0 Å². The van der Waals surface area contributed by atoms with Crippen molar-refractivity contribution in [1.82, 2.24) is 10.2 Å². The number of piperidine rings is 1. The molecule has 1 atom stereocenters. The van der Waals surface area contributed by atoms with Gasteiger partial charge in [-0.3, -0.25) is 34.2 Å². The van der Waals surface area contributed by atoms with Gasteiger partial charge in [-0.05, 0) is 25.0 Å². The SMILES string of the molecule is CCCCCCCCC(=O)OCCOCCOCCOCCOCCOCCOCCOCCOCCOCCOCCOCCNc1cccc2c1C(=O)N(C1CCC(=O)NC1=O)C2=O. The van der Waals surface area contributed by atoms with Gasteiger partial charge < -0.3 is 62.2 Å². The van der Waals surface area contributed by atoms with Gasteiger partial charge in [0, 0.05) is 25.1 Å². The fraction of sp³-hybridized carbons (Fsp3) is 0.761. The number of benzene rings is 1. The zero-order valence-electron chi connectivity index (χ0n) is 39.0. The normalized spacial score (nSPS) is 14.9. The van der Waals surface area contributed by atoms with Crippen molar-refractivity contribution in [2.24, 2.45) is 0 Å². The first-order chi connectivity index (χ1) is 32.4. The molecule has 376 valence electrons. The highest BCUT2D eigenvalue weighted by atomic mass is 16.6. The third-order valence-electron chi connectivity index (χ3n) is 9.98. The Labute approximate surface area is 389 Å². The minimum Gasteiger partial charge on any atom is -0.463 e. The molecule has 0 spiro atoms. The summed E-state index contributed by atoms with van der Waals surface area (Å²) in [5.41, 5.74) is 0.897.